The normalized spacial score (nSPS) is 10.0. The molecule has 0 spiro atoms. The summed E-state index contributed by atoms with van der Waals surface area (Å²) in [6.45, 7) is 0. The molecule has 0 saturated carbocycles. The van der Waals surface area contributed by atoms with Crippen LogP contribution in [0.25, 0.3) is 0 Å². The van der Waals surface area contributed by atoms with E-state index < -0.39 is 0 Å². The van der Waals surface area contributed by atoms with Gasteiger partial charge in [0.2, 0.25) is 0 Å². The van der Waals surface area contributed by atoms with Gasteiger partial charge < -0.3 is 0 Å². The lowest BCUT2D eigenvalue weighted by Gasteiger charge is -2.00. The van der Waals surface area contributed by atoms with Crippen molar-refractivity contribution in [3.05, 3.63) is 21.1 Å². The fourth-order valence-corrected chi connectivity index (χ4v) is 1.95. The van der Waals surface area contributed by atoms with Crippen LogP contribution in [0.3, 0.4) is 0 Å². The molecule has 10 heavy (non-hydrogen) atoms. The lowest BCUT2D eigenvalue weighted by Crippen LogP contribution is -1.73. The van der Waals surface area contributed by atoms with Crippen molar-refractivity contribution < 1.29 is 0 Å². The van der Waals surface area contributed by atoms with E-state index in [0.29, 0.717) is 0 Å². The molecule has 0 aliphatic heterocycles. The maximum absolute atomic E-state index is 4.20. The van der Waals surface area contributed by atoms with E-state index in [2.05, 4.69) is 57.1 Å². The Morgan fingerprint density at radius 3 is 1.50 bits per heavy atom. The first-order chi connectivity index (χ1) is 4.61. The molecule has 0 atom stereocenters. The fourth-order valence-electron chi connectivity index (χ4n) is 0.526. The predicted molar refractivity (Wildman–Crippen MR) is 56.3 cm³/mol. The maximum Gasteiger partial charge on any atom is 0.0320 e. The number of rotatable bonds is 0. The molecule has 0 amide bonds. The zero-order valence-corrected chi connectivity index (χ0v) is 9.77. The summed E-state index contributed by atoms with van der Waals surface area (Å²) < 4.78 is 1.92. The molecule has 1 rings (SSSR count). The monoisotopic (exact) mass is 298 g/mol. The van der Waals surface area contributed by atoms with E-state index in [1.807, 2.05) is 12.1 Å². The molecule has 54 valence electrons. The first-order valence-electron chi connectivity index (χ1n) is 2.48. The Morgan fingerprint density at radius 1 is 0.900 bits per heavy atom. The molecule has 0 aliphatic rings. The van der Waals surface area contributed by atoms with Crippen molar-refractivity contribution in [2.24, 2.45) is 0 Å². The molecular formula is C6H4Br2S2. The van der Waals surface area contributed by atoms with Crippen LogP contribution in [0.15, 0.2) is 30.9 Å². The molecule has 0 aliphatic carbocycles. The van der Waals surface area contributed by atoms with Gasteiger partial charge in [-0.05, 0) is 44.0 Å². The molecule has 4 heteroatoms. The Kier molecular flexibility index (Phi) is 3.16. The zero-order chi connectivity index (χ0) is 7.72. The number of hydrogen-bond acceptors (Lipinski definition) is 2. The van der Waals surface area contributed by atoms with E-state index >= 15 is 0 Å². The molecule has 0 aromatic heterocycles. The van der Waals surface area contributed by atoms with E-state index in [9.17, 15) is 0 Å². The minimum Gasteiger partial charge on any atom is -0.142 e. The summed E-state index contributed by atoms with van der Waals surface area (Å²) >= 11 is 15.1. The van der Waals surface area contributed by atoms with E-state index in [1.165, 1.54) is 0 Å². The molecule has 0 fully saturated rings. The van der Waals surface area contributed by atoms with Gasteiger partial charge in [-0.1, -0.05) is 0 Å². The number of thiol groups is 2. The van der Waals surface area contributed by atoms with Crippen molar-refractivity contribution in [2.45, 2.75) is 9.79 Å². The van der Waals surface area contributed by atoms with Gasteiger partial charge in [0, 0.05) is 18.7 Å². The van der Waals surface area contributed by atoms with Crippen LogP contribution in [0, 0.1) is 0 Å². The van der Waals surface area contributed by atoms with Crippen LogP contribution in [0.2, 0.25) is 0 Å². The summed E-state index contributed by atoms with van der Waals surface area (Å²) in [6, 6.07) is 3.80. The van der Waals surface area contributed by atoms with Crippen molar-refractivity contribution >= 4 is 57.1 Å². The average Bonchev–Trinajstić information content (AvgIpc) is 1.84. The third-order valence-corrected chi connectivity index (χ3v) is 3.68. The van der Waals surface area contributed by atoms with Crippen LogP contribution in [0.1, 0.15) is 0 Å². The van der Waals surface area contributed by atoms with Crippen LogP contribution in [-0.2, 0) is 0 Å². The van der Waals surface area contributed by atoms with Gasteiger partial charge in [-0.2, -0.15) is 0 Å². The van der Waals surface area contributed by atoms with Crippen LogP contribution in [0.4, 0.5) is 0 Å². The summed E-state index contributed by atoms with van der Waals surface area (Å²) in [5, 5.41) is 0. The van der Waals surface area contributed by atoms with E-state index in [-0.39, 0.29) is 0 Å². The SMILES string of the molecule is Sc1cc(Br)c(S)cc1Br. The quantitative estimate of drug-likeness (QED) is 0.669. The first kappa shape index (κ1) is 8.97. The van der Waals surface area contributed by atoms with E-state index in [4.69, 9.17) is 0 Å². The van der Waals surface area contributed by atoms with Gasteiger partial charge in [0.1, 0.15) is 0 Å². The number of halogens is 2. The summed E-state index contributed by atoms with van der Waals surface area (Å²) in [5.41, 5.74) is 0. The Hall–Kier alpha value is 0.880. The average molecular weight is 300 g/mol. The highest BCUT2D eigenvalue weighted by molar-refractivity contribution is 9.11. The van der Waals surface area contributed by atoms with Crippen LogP contribution in [0.5, 0.6) is 0 Å². The summed E-state index contributed by atoms with van der Waals surface area (Å²) in [5.74, 6) is 0. The van der Waals surface area contributed by atoms with Gasteiger partial charge in [-0.15, -0.1) is 25.3 Å². The van der Waals surface area contributed by atoms with Gasteiger partial charge in [0.15, 0.2) is 0 Å². The second kappa shape index (κ2) is 3.52. The number of benzene rings is 1. The first-order valence-corrected chi connectivity index (χ1v) is 4.96. The standard InChI is InChI=1S/C6H4Br2S2/c7-3-1-5(9)4(8)2-6(3)10/h1-2,9-10H. The molecular weight excluding hydrogens is 296 g/mol. The minimum absolute atomic E-state index is 0.907. The zero-order valence-electron chi connectivity index (χ0n) is 4.81. The lowest BCUT2D eigenvalue weighted by molar-refractivity contribution is 1.29. The van der Waals surface area contributed by atoms with Gasteiger partial charge in [-0.25, -0.2) is 0 Å². The highest BCUT2D eigenvalue weighted by Crippen LogP contribution is 2.29. The molecule has 0 nitrogen and oxygen atoms in total. The molecule has 0 saturated heterocycles. The van der Waals surface area contributed by atoms with Crippen molar-refractivity contribution in [3.8, 4) is 0 Å². The smallest absolute Gasteiger partial charge is 0.0320 e. The topological polar surface area (TPSA) is 0 Å². The van der Waals surface area contributed by atoms with Gasteiger partial charge in [0.25, 0.3) is 0 Å². The molecule has 0 unspecified atom stereocenters. The van der Waals surface area contributed by atoms with Gasteiger partial charge >= 0.3 is 0 Å². The van der Waals surface area contributed by atoms with Crippen LogP contribution < -0.4 is 0 Å². The molecule has 0 bridgehead atoms. The van der Waals surface area contributed by atoms with Crippen molar-refractivity contribution in [1.82, 2.24) is 0 Å². The Bertz CT molecular complexity index is 210. The second-order valence-corrected chi connectivity index (χ2v) is 4.43. The second-order valence-electron chi connectivity index (χ2n) is 1.76. The van der Waals surface area contributed by atoms with Crippen LogP contribution >= 0.6 is 57.1 Å². The summed E-state index contributed by atoms with van der Waals surface area (Å²) in [7, 11) is 0. The minimum atomic E-state index is 0.907. The van der Waals surface area contributed by atoms with Crippen molar-refractivity contribution in [1.29, 1.82) is 0 Å². The third kappa shape index (κ3) is 1.94. The highest BCUT2D eigenvalue weighted by atomic mass is 79.9. The fraction of sp³-hybridized carbons (Fsp3) is 0. The van der Waals surface area contributed by atoms with Gasteiger partial charge in [0.05, 0.1) is 0 Å². The van der Waals surface area contributed by atoms with Gasteiger partial charge in [-0.3, -0.25) is 0 Å². The summed E-state index contributed by atoms with van der Waals surface area (Å²) in [6.07, 6.45) is 0. The van der Waals surface area contributed by atoms with Crippen molar-refractivity contribution in [2.75, 3.05) is 0 Å². The largest absolute Gasteiger partial charge is 0.142 e. The third-order valence-electron chi connectivity index (χ3n) is 1.02. The molecule has 0 heterocycles. The Morgan fingerprint density at radius 2 is 1.20 bits per heavy atom. The highest BCUT2D eigenvalue weighted by Gasteiger charge is 1.99. The Labute approximate surface area is 87.5 Å². The number of hydrogen-bond donors (Lipinski definition) is 2. The Balaban J connectivity index is 3.28. The molecule has 0 radical (unpaired) electrons. The van der Waals surface area contributed by atoms with Crippen LogP contribution in [-0.4, -0.2) is 0 Å². The van der Waals surface area contributed by atoms with E-state index in [1.54, 1.807) is 0 Å². The lowest BCUT2D eigenvalue weighted by atomic mass is 10.4. The summed E-state index contributed by atoms with van der Waals surface area (Å²) in [4.78, 5) is 1.81. The molecule has 1 aromatic carbocycles. The van der Waals surface area contributed by atoms with Crippen molar-refractivity contribution in [3.63, 3.8) is 0 Å². The molecule has 0 N–H and O–H groups in total. The predicted octanol–water partition coefficient (Wildman–Crippen LogP) is 3.79. The molecule has 1 aromatic rings. The van der Waals surface area contributed by atoms with E-state index in [0.717, 1.165) is 18.7 Å². The maximum atomic E-state index is 4.20.